The Labute approximate surface area is 165 Å². The van der Waals surface area contributed by atoms with E-state index in [9.17, 15) is 4.79 Å². The van der Waals surface area contributed by atoms with Gasteiger partial charge >= 0.3 is 0 Å². The third-order valence-electron chi connectivity index (χ3n) is 4.59. The summed E-state index contributed by atoms with van der Waals surface area (Å²) in [6, 6.07) is 15.5. The van der Waals surface area contributed by atoms with Crippen LogP contribution in [0, 0.1) is 0 Å². The Hall–Kier alpha value is -2.95. The highest BCUT2D eigenvalue weighted by atomic mass is 16.5. The average molecular weight is 381 g/mol. The summed E-state index contributed by atoms with van der Waals surface area (Å²) in [5.74, 6) is 1.38. The minimum Gasteiger partial charge on any atom is -0.492 e. The van der Waals surface area contributed by atoms with Gasteiger partial charge in [0.05, 0.1) is 19.2 Å². The van der Waals surface area contributed by atoms with Crippen molar-refractivity contribution in [3.63, 3.8) is 0 Å². The molecule has 1 heterocycles. The maximum Gasteiger partial charge on any atom is 0.294 e. The van der Waals surface area contributed by atoms with Crippen LogP contribution in [-0.2, 0) is 6.61 Å². The molecule has 0 atom stereocenters. The van der Waals surface area contributed by atoms with Crippen molar-refractivity contribution in [1.29, 1.82) is 0 Å². The highest BCUT2D eigenvalue weighted by Gasteiger charge is 2.15. The first-order valence-corrected chi connectivity index (χ1v) is 9.76. The number of pyridine rings is 1. The van der Waals surface area contributed by atoms with Crippen LogP contribution in [0.2, 0.25) is 0 Å². The van der Waals surface area contributed by atoms with Crippen LogP contribution in [0.1, 0.15) is 38.2 Å². The van der Waals surface area contributed by atoms with Crippen LogP contribution in [0.15, 0.2) is 53.3 Å². The Bertz CT molecular complexity index is 950. The number of methoxy groups -OCH3 is 1. The van der Waals surface area contributed by atoms with Crippen molar-refractivity contribution in [2.45, 2.75) is 39.2 Å². The van der Waals surface area contributed by atoms with Crippen LogP contribution in [-0.4, -0.2) is 18.7 Å². The molecule has 5 nitrogen and oxygen atoms in total. The lowest BCUT2D eigenvalue weighted by molar-refractivity contribution is 0.282. The second kappa shape index (κ2) is 9.83. The predicted octanol–water partition coefficient (Wildman–Crippen LogP) is 5.07. The third kappa shape index (κ3) is 4.85. The molecule has 1 N–H and O–H groups in total. The number of hydrogen-bond acceptors (Lipinski definition) is 4. The summed E-state index contributed by atoms with van der Waals surface area (Å²) in [6.07, 6.45) is 4.34. The molecule has 0 bridgehead atoms. The van der Waals surface area contributed by atoms with Gasteiger partial charge < -0.3 is 19.2 Å². The topological polar surface area (TPSA) is 60.6 Å². The third-order valence-corrected chi connectivity index (χ3v) is 4.59. The van der Waals surface area contributed by atoms with Gasteiger partial charge in [0, 0.05) is 11.5 Å². The van der Waals surface area contributed by atoms with E-state index in [1.165, 1.54) is 6.42 Å². The SMILES string of the molecule is CCCCCCOc1c(OC)c2ccc(OCc3ccccc3)cc2[nH]c1=O. The summed E-state index contributed by atoms with van der Waals surface area (Å²) >= 11 is 0. The smallest absolute Gasteiger partial charge is 0.294 e. The molecular formula is C23H27NO4. The lowest BCUT2D eigenvalue weighted by Crippen LogP contribution is -2.14. The number of fused-ring (bicyclic) bond motifs is 1. The molecule has 0 saturated heterocycles. The number of ether oxygens (including phenoxy) is 3. The van der Waals surface area contributed by atoms with Crippen molar-refractivity contribution in [3.8, 4) is 17.2 Å². The van der Waals surface area contributed by atoms with Crippen molar-refractivity contribution < 1.29 is 14.2 Å². The quantitative estimate of drug-likeness (QED) is 0.498. The minimum absolute atomic E-state index is 0.240. The Kier molecular flexibility index (Phi) is 6.95. The van der Waals surface area contributed by atoms with Gasteiger partial charge in [-0.2, -0.15) is 0 Å². The Morgan fingerprint density at radius 3 is 2.50 bits per heavy atom. The normalized spacial score (nSPS) is 10.8. The summed E-state index contributed by atoms with van der Waals surface area (Å²) in [5.41, 5.74) is 1.45. The molecule has 0 aliphatic heterocycles. The molecular weight excluding hydrogens is 354 g/mol. The van der Waals surface area contributed by atoms with E-state index >= 15 is 0 Å². The molecule has 3 aromatic rings. The minimum atomic E-state index is -0.292. The van der Waals surface area contributed by atoms with Crippen LogP contribution in [0.25, 0.3) is 10.9 Å². The zero-order valence-electron chi connectivity index (χ0n) is 16.5. The van der Waals surface area contributed by atoms with Crippen molar-refractivity contribution in [2.75, 3.05) is 13.7 Å². The van der Waals surface area contributed by atoms with Gasteiger partial charge in [0.1, 0.15) is 12.4 Å². The molecule has 1 aromatic heterocycles. The van der Waals surface area contributed by atoms with E-state index in [0.717, 1.165) is 30.2 Å². The maximum absolute atomic E-state index is 12.5. The number of rotatable bonds is 10. The second-order valence-electron chi connectivity index (χ2n) is 6.71. The van der Waals surface area contributed by atoms with Gasteiger partial charge in [0.2, 0.25) is 5.75 Å². The molecule has 0 spiro atoms. The fourth-order valence-electron chi connectivity index (χ4n) is 3.10. The average Bonchev–Trinajstić information content (AvgIpc) is 2.72. The molecule has 3 rings (SSSR count). The summed E-state index contributed by atoms with van der Waals surface area (Å²) in [6.45, 7) is 3.13. The van der Waals surface area contributed by atoms with E-state index in [1.807, 2.05) is 48.5 Å². The summed E-state index contributed by atoms with van der Waals surface area (Å²) in [5, 5.41) is 0.790. The predicted molar refractivity (Wildman–Crippen MR) is 112 cm³/mol. The molecule has 0 aliphatic rings. The lowest BCUT2D eigenvalue weighted by atomic mass is 10.2. The maximum atomic E-state index is 12.5. The van der Waals surface area contributed by atoms with Gasteiger partial charge in [0.25, 0.3) is 5.56 Å². The van der Waals surface area contributed by atoms with Gasteiger partial charge in [-0.3, -0.25) is 4.79 Å². The van der Waals surface area contributed by atoms with Crippen LogP contribution in [0.4, 0.5) is 0 Å². The van der Waals surface area contributed by atoms with E-state index in [-0.39, 0.29) is 11.3 Å². The standard InChI is InChI=1S/C23H27NO4/c1-3-4-5-9-14-27-22-21(26-2)19-13-12-18(15-20(19)24-23(22)25)28-16-17-10-7-6-8-11-17/h6-8,10-13,15H,3-5,9,14,16H2,1-2H3,(H,24,25). The zero-order valence-corrected chi connectivity index (χ0v) is 16.5. The lowest BCUT2D eigenvalue weighted by Gasteiger charge is -2.13. The molecule has 0 radical (unpaired) electrons. The largest absolute Gasteiger partial charge is 0.492 e. The first-order valence-electron chi connectivity index (χ1n) is 9.76. The van der Waals surface area contributed by atoms with Crippen molar-refractivity contribution >= 4 is 10.9 Å². The van der Waals surface area contributed by atoms with Gasteiger partial charge in [-0.1, -0.05) is 56.5 Å². The Balaban J connectivity index is 1.78. The number of hydrogen-bond donors (Lipinski definition) is 1. The molecule has 0 aliphatic carbocycles. The number of nitrogens with one attached hydrogen (secondary N) is 1. The van der Waals surface area contributed by atoms with Crippen LogP contribution in [0.5, 0.6) is 17.2 Å². The highest BCUT2D eigenvalue weighted by Crippen LogP contribution is 2.33. The van der Waals surface area contributed by atoms with E-state index in [4.69, 9.17) is 14.2 Å². The molecule has 148 valence electrons. The number of unbranched alkanes of at least 4 members (excludes halogenated alkanes) is 3. The van der Waals surface area contributed by atoms with Crippen LogP contribution in [0.3, 0.4) is 0 Å². The molecule has 0 fully saturated rings. The van der Waals surface area contributed by atoms with E-state index < -0.39 is 0 Å². The fourth-order valence-corrected chi connectivity index (χ4v) is 3.10. The fraction of sp³-hybridized carbons (Fsp3) is 0.348. The summed E-state index contributed by atoms with van der Waals surface area (Å²) in [4.78, 5) is 15.4. The first kappa shape index (κ1) is 19.8. The van der Waals surface area contributed by atoms with Crippen molar-refractivity contribution in [2.24, 2.45) is 0 Å². The van der Waals surface area contributed by atoms with Crippen LogP contribution < -0.4 is 19.8 Å². The van der Waals surface area contributed by atoms with E-state index in [2.05, 4.69) is 11.9 Å². The van der Waals surface area contributed by atoms with Gasteiger partial charge in [0.15, 0.2) is 5.75 Å². The first-order chi connectivity index (χ1) is 13.7. The molecule has 2 aromatic carbocycles. The van der Waals surface area contributed by atoms with E-state index in [1.54, 1.807) is 7.11 Å². The second-order valence-corrected chi connectivity index (χ2v) is 6.71. The van der Waals surface area contributed by atoms with Gasteiger partial charge in [-0.25, -0.2) is 0 Å². The Morgan fingerprint density at radius 2 is 1.75 bits per heavy atom. The number of aromatic amines is 1. The molecule has 28 heavy (non-hydrogen) atoms. The van der Waals surface area contributed by atoms with Crippen LogP contribution >= 0.6 is 0 Å². The van der Waals surface area contributed by atoms with E-state index in [0.29, 0.717) is 30.2 Å². The Morgan fingerprint density at radius 1 is 0.929 bits per heavy atom. The van der Waals surface area contributed by atoms with Crippen molar-refractivity contribution in [3.05, 3.63) is 64.4 Å². The summed E-state index contributed by atoms with van der Waals surface area (Å²) in [7, 11) is 1.55. The summed E-state index contributed by atoms with van der Waals surface area (Å²) < 4.78 is 17.1. The monoisotopic (exact) mass is 381 g/mol. The molecule has 0 amide bonds. The molecule has 0 unspecified atom stereocenters. The number of aromatic nitrogens is 1. The van der Waals surface area contributed by atoms with Crippen molar-refractivity contribution in [1.82, 2.24) is 4.98 Å². The van der Waals surface area contributed by atoms with Gasteiger partial charge in [-0.15, -0.1) is 0 Å². The molecule has 5 heteroatoms. The van der Waals surface area contributed by atoms with Gasteiger partial charge in [-0.05, 0) is 24.1 Å². The highest BCUT2D eigenvalue weighted by molar-refractivity contribution is 5.88. The molecule has 0 saturated carbocycles. The zero-order chi connectivity index (χ0) is 19.8. The number of benzene rings is 2. The number of H-pyrrole nitrogens is 1.